The Morgan fingerprint density at radius 2 is 2.12 bits per heavy atom. The molecule has 0 saturated heterocycles. The van der Waals surface area contributed by atoms with Crippen LogP contribution in [-0.4, -0.2) is 16.4 Å². The number of rotatable bonds is 5. The highest BCUT2D eigenvalue weighted by Gasteiger charge is 2.38. The van der Waals surface area contributed by atoms with E-state index in [0.29, 0.717) is 18.1 Å². The quantitative estimate of drug-likeness (QED) is 0.566. The maximum atomic E-state index is 13.5. The SMILES string of the molecule is C=CC(F)(F)C(O[Si])c1ccccc1CC. The van der Waals surface area contributed by atoms with E-state index in [0.717, 1.165) is 5.56 Å². The van der Waals surface area contributed by atoms with Gasteiger partial charge in [0.1, 0.15) is 6.10 Å². The summed E-state index contributed by atoms with van der Waals surface area (Å²) in [6.07, 6.45) is -0.0717. The van der Waals surface area contributed by atoms with E-state index in [2.05, 4.69) is 17.1 Å². The van der Waals surface area contributed by atoms with Gasteiger partial charge in [0.25, 0.3) is 5.92 Å². The molecule has 0 aliphatic heterocycles. The molecule has 0 amide bonds. The van der Waals surface area contributed by atoms with Crippen molar-refractivity contribution in [1.29, 1.82) is 0 Å². The minimum atomic E-state index is -3.10. The molecule has 0 N–H and O–H groups in total. The van der Waals surface area contributed by atoms with Gasteiger partial charge in [-0.15, -0.1) is 0 Å². The maximum Gasteiger partial charge on any atom is 0.294 e. The first-order valence-electron chi connectivity index (χ1n) is 4.98. The van der Waals surface area contributed by atoms with E-state index in [1.165, 1.54) is 0 Å². The molecule has 1 atom stereocenters. The van der Waals surface area contributed by atoms with Gasteiger partial charge >= 0.3 is 0 Å². The number of benzene rings is 1. The Balaban J connectivity index is 3.18. The molecule has 0 aromatic heterocycles. The first-order chi connectivity index (χ1) is 7.56. The van der Waals surface area contributed by atoms with Crippen LogP contribution in [0.3, 0.4) is 0 Å². The number of hydrogen-bond donors (Lipinski definition) is 0. The molecule has 1 aromatic carbocycles. The second kappa shape index (κ2) is 5.36. The maximum absolute atomic E-state index is 13.5. The van der Waals surface area contributed by atoms with Crippen molar-refractivity contribution in [3.05, 3.63) is 48.0 Å². The van der Waals surface area contributed by atoms with Crippen LogP contribution in [0.1, 0.15) is 24.2 Å². The molecule has 4 heteroatoms. The zero-order chi connectivity index (χ0) is 12.2. The lowest BCUT2D eigenvalue weighted by Gasteiger charge is -2.25. The van der Waals surface area contributed by atoms with Gasteiger partial charge in [-0.1, -0.05) is 37.8 Å². The van der Waals surface area contributed by atoms with Crippen molar-refractivity contribution in [2.24, 2.45) is 0 Å². The molecular weight excluding hydrogens is 226 g/mol. The van der Waals surface area contributed by atoms with E-state index in [4.69, 9.17) is 4.43 Å². The lowest BCUT2D eigenvalue weighted by molar-refractivity contribution is -0.0550. The summed E-state index contributed by atoms with van der Waals surface area (Å²) in [6, 6.07) is 6.98. The van der Waals surface area contributed by atoms with Crippen LogP contribution in [0.2, 0.25) is 0 Å². The van der Waals surface area contributed by atoms with Crippen molar-refractivity contribution in [3.63, 3.8) is 0 Å². The second-order valence-electron chi connectivity index (χ2n) is 3.43. The largest absolute Gasteiger partial charge is 0.406 e. The van der Waals surface area contributed by atoms with E-state index in [1.807, 2.05) is 19.1 Å². The normalized spacial score (nSPS) is 13.5. The first-order valence-corrected chi connectivity index (χ1v) is 5.39. The average Bonchev–Trinajstić information content (AvgIpc) is 2.30. The monoisotopic (exact) mass is 239 g/mol. The minimum Gasteiger partial charge on any atom is -0.406 e. The third-order valence-electron chi connectivity index (χ3n) is 2.46. The van der Waals surface area contributed by atoms with Gasteiger partial charge in [0, 0.05) is 0 Å². The Hall–Kier alpha value is -1.00. The Kier molecular flexibility index (Phi) is 4.38. The van der Waals surface area contributed by atoms with E-state index >= 15 is 0 Å². The molecule has 0 bridgehead atoms. The molecule has 0 spiro atoms. The van der Waals surface area contributed by atoms with Gasteiger partial charge < -0.3 is 4.43 Å². The fourth-order valence-corrected chi connectivity index (χ4v) is 1.85. The number of aryl methyl sites for hydroxylation is 1. The molecule has 1 aromatic rings. The summed E-state index contributed by atoms with van der Waals surface area (Å²) >= 11 is 0. The van der Waals surface area contributed by atoms with Crippen LogP contribution in [0.5, 0.6) is 0 Å². The summed E-state index contributed by atoms with van der Waals surface area (Å²) in [4.78, 5) is 0. The van der Waals surface area contributed by atoms with Crippen LogP contribution in [0.15, 0.2) is 36.9 Å². The van der Waals surface area contributed by atoms with Gasteiger partial charge in [0.2, 0.25) is 10.5 Å². The van der Waals surface area contributed by atoms with Gasteiger partial charge in [-0.3, -0.25) is 0 Å². The van der Waals surface area contributed by atoms with E-state index in [1.54, 1.807) is 12.1 Å². The molecule has 16 heavy (non-hydrogen) atoms. The molecule has 85 valence electrons. The number of alkyl halides is 2. The molecular formula is C12H13F2OSi. The zero-order valence-electron chi connectivity index (χ0n) is 9.04. The standard InChI is InChI=1S/C12H13F2OSi/c1-3-9-7-5-6-8-10(9)11(15-16)12(13,14)4-2/h4-8,11H,2-3H2,1H3. The summed E-state index contributed by atoms with van der Waals surface area (Å²) in [5.41, 5.74) is 1.32. The Labute approximate surface area is 97.7 Å². The highest BCUT2D eigenvalue weighted by molar-refractivity contribution is 5.98. The van der Waals surface area contributed by atoms with Crippen LogP contribution in [0.4, 0.5) is 8.78 Å². The fourth-order valence-electron chi connectivity index (χ4n) is 1.57. The molecule has 0 aliphatic rings. The van der Waals surface area contributed by atoms with E-state index < -0.39 is 12.0 Å². The number of hydrogen-bond acceptors (Lipinski definition) is 1. The summed E-state index contributed by atoms with van der Waals surface area (Å²) in [7, 11) is 2.72. The van der Waals surface area contributed by atoms with Crippen LogP contribution in [-0.2, 0) is 10.8 Å². The topological polar surface area (TPSA) is 9.23 Å². The fraction of sp³-hybridized carbons (Fsp3) is 0.333. The number of halogens is 2. The van der Waals surface area contributed by atoms with Gasteiger partial charge in [0.15, 0.2) is 0 Å². The predicted octanol–water partition coefficient (Wildman–Crippen LogP) is 3.21. The van der Waals surface area contributed by atoms with Crippen molar-refractivity contribution >= 4 is 10.5 Å². The third-order valence-corrected chi connectivity index (χ3v) is 2.69. The molecule has 0 heterocycles. The molecule has 0 aliphatic carbocycles. The third kappa shape index (κ3) is 2.57. The van der Waals surface area contributed by atoms with Crippen molar-refractivity contribution < 1.29 is 13.2 Å². The first kappa shape index (κ1) is 13.1. The van der Waals surface area contributed by atoms with Crippen molar-refractivity contribution in [2.75, 3.05) is 0 Å². The van der Waals surface area contributed by atoms with Crippen molar-refractivity contribution in [2.45, 2.75) is 25.4 Å². The summed E-state index contributed by atoms with van der Waals surface area (Å²) in [5, 5.41) is 0. The highest BCUT2D eigenvalue weighted by Crippen LogP contribution is 2.36. The smallest absolute Gasteiger partial charge is 0.294 e. The highest BCUT2D eigenvalue weighted by atomic mass is 28.2. The zero-order valence-corrected chi connectivity index (χ0v) is 10.0. The van der Waals surface area contributed by atoms with Crippen molar-refractivity contribution in [3.8, 4) is 0 Å². The molecule has 1 rings (SSSR count). The molecule has 0 fully saturated rings. The van der Waals surface area contributed by atoms with Crippen LogP contribution in [0.25, 0.3) is 0 Å². The van der Waals surface area contributed by atoms with Gasteiger partial charge in [-0.25, -0.2) is 0 Å². The minimum absolute atomic E-state index is 0.477. The Bertz CT molecular complexity index is 366. The average molecular weight is 239 g/mol. The Morgan fingerprint density at radius 3 is 2.62 bits per heavy atom. The van der Waals surface area contributed by atoms with Gasteiger partial charge in [-0.05, 0) is 23.6 Å². The van der Waals surface area contributed by atoms with Crippen LogP contribution in [0, 0.1) is 0 Å². The van der Waals surface area contributed by atoms with Gasteiger partial charge in [0.05, 0.1) is 0 Å². The summed E-state index contributed by atoms with van der Waals surface area (Å²) < 4.78 is 31.8. The summed E-state index contributed by atoms with van der Waals surface area (Å²) in [5.74, 6) is -3.10. The van der Waals surface area contributed by atoms with Gasteiger partial charge in [-0.2, -0.15) is 8.78 Å². The molecule has 0 saturated carbocycles. The molecule has 3 radical (unpaired) electrons. The van der Waals surface area contributed by atoms with Crippen molar-refractivity contribution in [1.82, 2.24) is 0 Å². The lowest BCUT2D eigenvalue weighted by Crippen LogP contribution is -2.26. The van der Waals surface area contributed by atoms with Crippen LogP contribution < -0.4 is 0 Å². The summed E-state index contributed by atoms with van der Waals surface area (Å²) in [6.45, 7) is 5.04. The predicted molar refractivity (Wildman–Crippen MR) is 60.5 cm³/mol. The van der Waals surface area contributed by atoms with E-state index in [9.17, 15) is 8.78 Å². The second-order valence-corrected chi connectivity index (χ2v) is 3.66. The van der Waals surface area contributed by atoms with E-state index in [-0.39, 0.29) is 0 Å². The Morgan fingerprint density at radius 1 is 1.50 bits per heavy atom. The molecule has 1 nitrogen and oxygen atoms in total. The lowest BCUT2D eigenvalue weighted by atomic mass is 9.96. The van der Waals surface area contributed by atoms with Crippen LogP contribution >= 0.6 is 0 Å². The molecule has 1 unspecified atom stereocenters.